The Morgan fingerprint density at radius 3 is 2.50 bits per heavy atom. The Bertz CT molecular complexity index is 961. The van der Waals surface area contributed by atoms with E-state index in [2.05, 4.69) is 0 Å². The quantitative estimate of drug-likeness (QED) is 0.613. The summed E-state index contributed by atoms with van der Waals surface area (Å²) in [6.45, 7) is 2.15. The monoisotopic (exact) mass is 418 g/mol. The van der Waals surface area contributed by atoms with Gasteiger partial charge >= 0.3 is 12.1 Å². The van der Waals surface area contributed by atoms with Crippen molar-refractivity contribution in [1.82, 2.24) is 0 Å². The Labute approximate surface area is 172 Å². The van der Waals surface area contributed by atoms with E-state index in [0.29, 0.717) is 35.7 Å². The standard InChI is InChI=1S/C23H21F3O4/c1-2-29-22(15-21(27)28)12-4-7-20(14-22)30-19-6-3-5-17(13-19)16-8-10-18(11-9-16)23(24,25)26/h3-11,13-14H,2,12,15H2,1H3,(H,27,28). The molecule has 0 spiro atoms. The van der Waals surface area contributed by atoms with Gasteiger partial charge in [-0.15, -0.1) is 0 Å². The van der Waals surface area contributed by atoms with Crippen LogP contribution < -0.4 is 4.74 Å². The van der Waals surface area contributed by atoms with E-state index in [4.69, 9.17) is 9.47 Å². The molecule has 4 nitrogen and oxygen atoms in total. The molecular weight excluding hydrogens is 397 g/mol. The van der Waals surface area contributed by atoms with Gasteiger partial charge in [0.1, 0.15) is 17.1 Å². The van der Waals surface area contributed by atoms with E-state index in [1.165, 1.54) is 12.1 Å². The molecule has 1 N–H and O–H groups in total. The third-order valence-electron chi connectivity index (χ3n) is 4.65. The zero-order valence-corrected chi connectivity index (χ0v) is 16.3. The summed E-state index contributed by atoms with van der Waals surface area (Å²) in [5, 5.41) is 9.22. The van der Waals surface area contributed by atoms with E-state index in [1.54, 1.807) is 49.4 Å². The van der Waals surface area contributed by atoms with E-state index in [9.17, 15) is 23.1 Å². The van der Waals surface area contributed by atoms with Gasteiger partial charge in [-0.3, -0.25) is 4.79 Å². The Morgan fingerprint density at radius 2 is 1.87 bits per heavy atom. The van der Waals surface area contributed by atoms with Crippen LogP contribution in [0.15, 0.2) is 72.5 Å². The van der Waals surface area contributed by atoms with Crippen LogP contribution in [0.25, 0.3) is 11.1 Å². The minimum absolute atomic E-state index is 0.191. The molecule has 0 aliphatic heterocycles. The maximum atomic E-state index is 12.8. The normalized spacial score (nSPS) is 18.7. The summed E-state index contributed by atoms with van der Waals surface area (Å²) in [5.74, 6) is -0.0508. The number of aliphatic carboxylic acids is 1. The zero-order valence-electron chi connectivity index (χ0n) is 16.3. The van der Waals surface area contributed by atoms with Crippen LogP contribution in [0.4, 0.5) is 13.2 Å². The lowest BCUT2D eigenvalue weighted by atomic mass is 9.90. The molecular formula is C23H21F3O4. The van der Waals surface area contributed by atoms with Crippen molar-refractivity contribution in [1.29, 1.82) is 0 Å². The molecule has 0 heterocycles. The highest BCUT2D eigenvalue weighted by molar-refractivity contribution is 5.69. The van der Waals surface area contributed by atoms with Crippen LogP contribution >= 0.6 is 0 Å². The van der Waals surface area contributed by atoms with Crippen LogP contribution in [-0.2, 0) is 15.7 Å². The predicted molar refractivity (Wildman–Crippen MR) is 106 cm³/mol. The second-order valence-electron chi connectivity index (χ2n) is 6.93. The van der Waals surface area contributed by atoms with Gasteiger partial charge in [0.05, 0.1) is 12.0 Å². The fraction of sp³-hybridized carbons (Fsp3) is 0.261. The Hall–Kier alpha value is -3.06. The van der Waals surface area contributed by atoms with Gasteiger partial charge in [-0.05, 0) is 60.9 Å². The third kappa shape index (κ3) is 5.30. The lowest BCUT2D eigenvalue weighted by Gasteiger charge is -2.30. The number of carboxylic acid groups (broad SMARTS) is 1. The summed E-state index contributed by atoms with van der Waals surface area (Å²) in [6.07, 6.45) is 1.05. The minimum atomic E-state index is -4.38. The molecule has 2 aromatic carbocycles. The molecule has 0 amide bonds. The Balaban J connectivity index is 1.82. The van der Waals surface area contributed by atoms with Gasteiger partial charge in [0.2, 0.25) is 0 Å². The maximum absolute atomic E-state index is 12.8. The molecule has 3 rings (SSSR count). The average Bonchev–Trinajstić information content (AvgIpc) is 2.67. The number of allylic oxidation sites excluding steroid dienone is 1. The highest BCUT2D eigenvalue weighted by Gasteiger charge is 2.33. The summed E-state index contributed by atoms with van der Waals surface area (Å²) in [6, 6.07) is 11.8. The number of alkyl halides is 3. The molecule has 0 fully saturated rings. The smallest absolute Gasteiger partial charge is 0.416 e. The summed E-state index contributed by atoms with van der Waals surface area (Å²) < 4.78 is 49.9. The number of ether oxygens (including phenoxy) is 2. The molecule has 30 heavy (non-hydrogen) atoms. The fourth-order valence-corrected chi connectivity index (χ4v) is 3.35. The topological polar surface area (TPSA) is 55.8 Å². The van der Waals surface area contributed by atoms with Crippen molar-refractivity contribution in [2.24, 2.45) is 0 Å². The molecule has 0 bridgehead atoms. The van der Waals surface area contributed by atoms with Crippen molar-refractivity contribution in [3.05, 3.63) is 78.1 Å². The van der Waals surface area contributed by atoms with E-state index in [0.717, 1.165) is 12.1 Å². The van der Waals surface area contributed by atoms with Gasteiger partial charge in [-0.1, -0.05) is 30.3 Å². The first-order chi connectivity index (χ1) is 14.2. The fourth-order valence-electron chi connectivity index (χ4n) is 3.35. The second-order valence-corrected chi connectivity index (χ2v) is 6.93. The molecule has 7 heteroatoms. The van der Waals surface area contributed by atoms with E-state index >= 15 is 0 Å². The van der Waals surface area contributed by atoms with Crippen LogP contribution in [0.3, 0.4) is 0 Å². The van der Waals surface area contributed by atoms with Crippen LogP contribution in [0.5, 0.6) is 5.75 Å². The Morgan fingerprint density at radius 1 is 1.13 bits per heavy atom. The van der Waals surface area contributed by atoms with Crippen LogP contribution in [0, 0.1) is 0 Å². The average molecular weight is 418 g/mol. The Kier molecular flexibility index (Phi) is 6.31. The number of benzene rings is 2. The van der Waals surface area contributed by atoms with Crippen molar-refractivity contribution in [2.75, 3.05) is 6.61 Å². The van der Waals surface area contributed by atoms with E-state index < -0.39 is 23.3 Å². The first-order valence-corrected chi connectivity index (χ1v) is 9.41. The SMILES string of the molecule is CCOC1(CC(=O)O)C=C(Oc2cccc(-c3ccc(C(F)(F)F)cc3)c2)C=CC1. The van der Waals surface area contributed by atoms with E-state index in [1.807, 2.05) is 0 Å². The van der Waals surface area contributed by atoms with Crippen molar-refractivity contribution in [2.45, 2.75) is 31.5 Å². The number of rotatable bonds is 7. The van der Waals surface area contributed by atoms with Gasteiger partial charge in [0.15, 0.2) is 0 Å². The lowest BCUT2D eigenvalue weighted by Crippen LogP contribution is -2.35. The van der Waals surface area contributed by atoms with Gasteiger partial charge in [0, 0.05) is 6.61 Å². The minimum Gasteiger partial charge on any atom is -0.481 e. The molecule has 1 atom stereocenters. The first kappa shape index (κ1) is 21.6. The van der Waals surface area contributed by atoms with Crippen LogP contribution in [0.1, 0.15) is 25.3 Å². The summed E-state index contributed by atoms with van der Waals surface area (Å²) in [5.41, 5.74) is -0.364. The third-order valence-corrected chi connectivity index (χ3v) is 4.65. The molecule has 1 unspecified atom stereocenters. The molecule has 1 aliphatic rings. The van der Waals surface area contributed by atoms with E-state index in [-0.39, 0.29) is 6.42 Å². The van der Waals surface area contributed by atoms with Gasteiger partial charge in [0.25, 0.3) is 0 Å². The highest BCUT2D eigenvalue weighted by Crippen LogP contribution is 2.33. The number of carboxylic acids is 1. The molecule has 0 radical (unpaired) electrons. The summed E-state index contributed by atoms with van der Waals surface area (Å²) in [7, 11) is 0. The summed E-state index contributed by atoms with van der Waals surface area (Å²) >= 11 is 0. The van der Waals surface area contributed by atoms with Crippen LogP contribution in [-0.4, -0.2) is 23.3 Å². The van der Waals surface area contributed by atoms with Gasteiger partial charge in [-0.2, -0.15) is 13.2 Å². The number of halogens is 3. The second kappa shape index (κ2) is 8.75. The number of carbonyl (C=O) groups is 1. The number of hydrogen-bond acceptors (Lipinski definition) is 3. The molecule has 2 aromatic rings. The van der Waals surface area contributed by atoms with Crippen molar-refractivity contribution in [3.63, 3.8) is 0 Å². The maximum Gasteiger partial charge on any atom is 0.416 e. The zero-order chi connectivity index (χ0) is 21.8. The van der Waals surface area contributed by atoms with Gasteiger partial charge in [-0.25, -0.2) is 0 Å². The van der Waals surface area contributed by atoms with Crippen molar-refractivity contribution >= 4 is 5.97 Å². The molecule has 0 aromatic heterocycles. The van der Waals surface area contributed by atoms with Gasteiger partial charge < -0.3 is 14.6 Å². The summed E-state index contributed by atoms with van der Waals surface area (Å²) in [4.78, 5) is 11.3. The predicted octanol–water partition coefficient (Wildman–Crippen LogP) is 5.85. The van der Waals surface area contributed by atoms with Crippen LogP contribution in [0.2, 0.25) is 0 Å². The highest BCUT2D eigenvalue weighted by atomic mass is 19.4. The van der Waals surface area contributed by atoms with Crippen molar-refractivity contribution < 1.29 is 32.5 Å². The van der Waals surface area contributed by atoms with Crippen molar-refractivity contribution in [3.8, 4) is 16.9 Å². The molecule has 0 saturated carbocycles. The largest absolute Gasteiger partial charge is 0.481 e. The number of hydrogen-bond donors (Lipinski definition) is 1. The molecule has 0 saturated heterocycles. The lowest BCUT2D eigenvalue weighted by molar-refractivity contribution is -0.143. The molecule has 1 aliphatic carbocycles. The molecule has 158 valence electrons. The first-order valence-electron chi connectivity index (χ1n) is 9.41.